The molecule has 0 radical (unpaired) electrons. The van der Waals surface area contributed by atoms with Crippen LogP contribution < -0.4 is 4.72 Å². The monoisotopic (exact) mass is 377 g/mol. The molecule has 0 spiro atoms. The first-order valence-electron chi connectivity index (χ1n) is 7.51. The van der Waals surface area contributed by atoms with Crippen LogP contribution >= 0.6 is 11.6 Å². The minimum Gasteiger partial charge on any atom is -0.339 e. The Labute approximate surface area is 150 Å². The molecule has 0 fully saturated rings. The van der Waals surface area contributed by atoms with E-state index >= 15 is 0 Å². The van der Waals surface area contributed by atoms with Gasteiger partial charge in [0.05, 0.1) is 17.0 Å². The Kier molecular flexibility index (Phi) is 4.78. The Bertz CT molecular complexity index is 1020. The predicted octanol–water partition coefficient (Wildman–Crippen LogP) is 3.73. The molecule has 6 nitrogen and oxygen atoms in total. The number of nitrogens with zero attached hydrogens (tertiary/aromatic N) is 2. The Morgan fingerprint density at radius 2 is 1.92 bits per heavy atom. The highest BCUT2D eigenvalue weighted by Crippen LogP contribution is 2.25. The average Bonchev–Trinajstić information content (AvgIpc) is 2.96. The molecule has 25 heavy (non-hydrogen) atoms. The van der Waals surface area contributed by atoms with E-state index in [1.54, 1.807) is 38.1 Å². The first-order chi connectivity index (χ1) is 11.8. The summed E-state index contributed by atoms with van der Waals surface area (Å²) in [5.41, 5.74) is 1.80. The summed E-state index contributed by atoms with van der Waals surface area (Å²) in [5.74, 6) is 0.950. The van der Waals surface area contributed by atoms with Crippen LogP contribution in [0.4, 0.5) is 5.69 Å². The third kappa shape index (κ3) is 4.00. The van der Waals surface area contributed by atoms with Crippen LogP contribution in [0.5, 0.6) is 0 Å². The van der Waals surface area contributed by atoms with Crippen LogP contribution in [0.2, 0.25) is 5.02 Å². The maximum absolute atomic E-state index is 12.8. The van der Waals surface area contributed by atoms with E-state index in [-0.39, 0.29) is 4.90 Å². The first-order valence-corrected chi connectivity index (χ1v) is 9.37. The predicted molar refractivity (Wildman–Crippen MR) is 95.3 cm³/mol. The van der Waals surface area contributed by atoms with Gasteiger partial charge in [0, 0.05) is 5.02 Å². The molecule has 8 heteroatoms. The van der Waals surface area contributed by atoms with Gasteiger partial charge in [-0.25, -0.2) is 8.42 Å². The largest absolute Gasteiger partial charge is 0.339 e. The van der Waals surface area contributed by atoms with Gasteiger partial charge in [-0.15, -0.1) is 0 Å². The molecule has 3 aromatic rings. The van der Waals surface area contributed by atoms with Crippen LogP contribution in [0.3, 0.4) is 0 Å². The second kappa shape index (κ2) is 6.85. The van der Waals surface area contributed by atoms with E-state index < -0.39 is 10.0 Å². The molecular weight excluding hydrogens is 362 g/mol. The van der Waals surface area contributed by atoms with E-state index in [1.165, 1.54) is 6.07 Å². The number of rotatable bonds is 5. The summed E-state index contributed by atoms with van der Waals surface area (Å²) in [6, 6.07) is 11.8. The highest BCUT2D eigenvalue weighted by atomic mass is 35.5. The lowest BCUT2D eigenvalue weighted by Gasteiger charge is -2.13. The zero-order chi connectivity index (χ0) is 18.0. The van der Waals surface area contributed by atoms with Gasteiger partial charge in [0.1, 0.15) is 0 Å². The normalized spacial score (nSPS) is 11.5. The lowest BCUT2D eigenvalue weighted by Crippen LogP contribution is -2.15. The van der Waals surface area contributed by atoms with Gasteiger partial charge in [-0.3, -0.25) is 4.72 Å². The molecule has 0 aliphatic carbocycles. The van der Waals surface area contributed by atoms with Gasteiger partial charge in [-0.2, -0.15) is 4.98 Å². The zero-order valence-corrected chi connectivity index (χ0v) is 15.2. The fourth-order valence-electron chi connectivity index (χ4n) is 2.41. The van der Waals surface area contributed by atoms with Crippen LogP contribution in [-0.4, -0.2) is 18.6 Å². The molecule has 0 saturated heterocycles. The fourth-order valence-corrected chi connectivity index (χ4v) is 4.02. The van der Waals surface area contributed by atoms with Gasteiger partial charge in [0.25, 0.3) is 10.0 Å². The van der Waals surface area contributed by atoms with Gasteiger partial charge in [-0.1, -0.05) is 41.0 Å². The van der Waals surface area contributed by atoms with Gasteiger partial charge in [-0.05, 0) is 43.2 Å². The minimum atomic E-state index is -3.78. The van der Waals surface area contributed by atoms with Crippen molar-refractivity contribution in [3.63, 3.8) is 0 Å². The molecule has 0 unspecified atom stereocenters. The number of hydrogen-bond donors (Lipinski definition) is 1. The van der Waals surface area contributed by atoms with Crippen molar-refractivity contribution in [3.05, 3.63) is 70.3 Å². The molecular formula is C17H16ClN3O3S. The van der Waals surface area contributed by atoms with Gasteiger partial charge in [0.15, 0.2) is 5.82 Å². The molecule has 0 saturated carbocycles. The number of para-hydroxylation sites is 1. The second-order valence-corrected chi connectivity index (χ2v) is 7.67. The van der Waals surface area contributed by atoms with Crippen molar-refractivity contribution in [2.45, 2.75) is 25.2 Å². The molecule has 1 N–H and O–H groups in total. The van der Waals surface area contributed by atoms with E-state index in [0.717, 1.165) is 5.56 Å². The molecule has 0 aliphatic heterocycles. The topological polar surface area (TPSA) is 85.1 Å². The molecule has 0 amide bonds. The Morgan fingerprint density at radius 1 is 1.16 bits per heavy atom. The highest BCUT2D eigenvalue weighted by molar-refractivity contribution is 7.92. The smallest absolute Gasteiger partial charge is 0.262 e. The van der Waals surface area contributed by atoms with Crippen molar-refractivity contribution in [1.82, 2.24) is 10.1 Å². The second-order valence-electron chi connectivity index (χ2n) is 5.58. The lowest BCUT2D eigenvalue weighted by molar-refractivity contribution is 0.381. The van der Waals surface area contributed by atoms with Crippen molar-refractivity contribution in [2.75, 3.05) is 4.72 Å². The van der Waals surface area contributed by atoms with Crippen LogP contribution in [0.15, 0.2) is 51.9 Å². The van der Waals surface area contributed by atoms with Crippen molar-refractivity contribution in [1.29, 1.82) is 0 Å². The van der Waals surface area contributed by atoms with E-state index in [1.807, 2.05) is 12.1 Å². The number of anilines is 1. The van der Waals surface area contributed by atoms with E-state index in [9.17, 15) is 8.42 Å². The van der Waals surface area contributed by atoms with Crippen molar-refractivity contribution in [3.8, 4) is 0 Å². The summed E-state index contributed by atoms with van der Waals surface area (Å²) in [6.07, 6.45) is 0.327. The lowest BCUT2D eigenvalue weighted by atomic mass is 10.1. The molecule has 0 bridgehead atoms. The summed E-state index contributed by atoms with van der Waals surface area (Å²) >= 11 is 5.95. The summed E-state index contributed by atoms with van der Waals surface area (Å²) in [7, 11) is -3.78. The van der Waals surface area contributed by atoms with Crippen molar-refractivity contribution in [2.24, 2.45) is 0 Å². The number of sulfonamides is 1. The average molecular weight is 378 g/mol. The number of halogens is 1. The van der Waals surface area contributed by atoms with Gasteiger partial charge in [0.2, 0.25) is 5.89 Å². The van der Waals surface area contributed by atoms with Crippen molar-refractivity contribution < 1.29 is 12.9 Å². The van der Waals surface area contributed by atoms with Crippen LogP contribution in [0, 0.1) is 13.8 Å². The third-order valence-corrected chi connectivity index (χ3v) is 5.36. The molecule has 2 aromatic carbocycles. The third-order valence-electron chi connectivity index (χ3n) is 3.61. The summed E-state index contributed by atoms with van der Waals surface area (Å²) in [5, 5.41) is 4.11. The Hall–Kier alpha value is -2.38. The summed E-state index contributed by atoms with van der Waals surface area (Å²) in [4.78, 5) is 4.30. The van der Waals surface area contributed by atoms with E-state index in [2.05, 4.69) is 14.9 Å². The number of aromatic nitrogens is 2. The maximum Gasteiger partial charge on any atom is 0.262 e. The Morgan fingerprint density at radius 3 is 2.64 bits per heavy atom. The maximum atomic E-state index is 12.8. The fraction of sp³-hybridized carbons (Fsp3) is 0.176. The van der Waals surface area contributed by atoms with Crippen LogP contribution in [0.1, 0.15) is 22.8 Å². The molecule has 0 aliphatic rings. The molecule has 130 valence electrons. The first kappa shape index (κ1) is 17.4. The standard InChI is InChI=1S/C17H16ClN3O3S/c1-11-7-8-14(18)10-16(11)25(22,23)21-15-6-4-3-5-13(15)9-17-19-12(2)20-24-17/h3-8,10,21H,9H2,1-2H3. The SMILES string of the molecule is Cc1noc(Cc2ccccc2NS(=O)(=O)c2cc(Cl)ccc2C)n1. The molecule has 1 heterocycles. The van der Waals surface area contributed by atoms with Crippen molar-refractivity contribution >= 4 is 27.3 Å². The number of nitrogens with one attached hydrogen (secondary N) is 1. The quantitative estimate of drug-likeness (QED) is 0.732. The summed E-state index contributed by atoms with van der Waals surface area (Å²) in [6.45, 7) is 3.45. The molecule has 1 aromatic heterocycles. The van der Waals surface area contributed by atoms with Crippen LogP contribution in [-0.2, 0) is 16.4 Å². The summed E-state index contributed by atoms with van der Waals surface area (Å²) < 4.78 is 33.3. The highest BCUT2D eigenvalue weighted by Gasteiger charge is 2.19. The van der Waals surface area contributed by atoms with Gasteiger partial charge >= 0.3 is 0 Å². The molecule has 3 rings (SSSR count). The zero-order valence-electron chi connectivity index (χ0n) is 13.7. The Balaban J connectivity index is 1.93. The van der Waals surface area contributed by atoms with Crippen LogP contribution in [0.25, 0.3) is 0 Å². The molecule has 0 atom stereocenters. The van der Waals surface area contributed by atoms with E-state index in [4.69, 9.17) is 16.1 Å². The minimum absolute atomic E-state index is 0.142. The van der Waals surface area contributed by atoms with Gasteiger partial charge < -0.3 is 4.52 Å². The van der Waals surface area contributed by atoms with E-state index in [0.29, 0.717) is 34.4 Å². The number of benzene rings is 2. The number of hydrogen-bond acceptors (Lipinski definition) is 5. The number of aryl methyl sites for hydroxylation is 2.